The quantitative estimate of drug-likeness (QED) is 0.126. The Hall–Kier alpha value is -1.11. The Bertz CT molecular complexity index is 830. The van der Waals surface area contributed by atoms with Crippen LogP contribution in [0.5, 0.6) is 0 Å². The summed E-state index contributed by atoms with van der Waals surface area (Å²) in [4.78, 5) is 0. The molecule has 236 valence electrons. The van der Waals surface area contributed by atoms with Crippen molar-refractivity contribution < 1.29 is 74.4 Å². The number of sulfonamides is 1. The van der Waals surface area contributed by atoms with E-state index in [-0.39, 0.29) is 13.0 Å². The maximum atomic E-state index is 14.3. The zero-order chi connectivity index (χ0) is 31.4. The van der Waals surface area contributed by atoms with Gasteiger partial charge in [-0.2, -0.15) is 52.7 Å². The molecule has 0 aromatic heterocycles. The van der Waals surface area contributed by atoms with Crippen molar-refractivity contribution >= 4 is 10.0 Å². The van der Waals surface area contributed by atoms with Gasteiger partial charge in [-0.3, -0.25) is 0 Å². The molecule has 0 saturated heterocycles. The van der Waals surface area contributed by atoms with Gasteiger partial charge < -0.3 is 4.48 Å². The van der Waals surface area contributed by atoms with Crippen molar-refractivity contribution in [3.8, 4) is 0 Å². The molecule has 0 heterocycles. The molecule has 4 nitrogen and oxygen atoms in total. The molecule has 39 heavy (non-hydrogen) atoms. The van der Waals surface area contributed by atoms with Gasteiger partial charge in [-0.15, -0.1) is 0 Å². The van der Waals surface area contributed by atoms with E-state index < -0.39 is 96.3 Å². The van der Waals surface area contributed by atoms with Crippen LogP contribution in [0, 0.1) is 5.92 Å². The Balaban J connectivity index is 5.65. The first kappa shape index (κ1) is 37.9. The van der Waals surface area contributed by atoms with E-state index in [0.29, 0.717) is 11.0 Å². The van der Waals surface area contributed by atoms with Crippen LogP contribution in [0.25, 0.3) is 0 Å². The van der Waals surface area contributed by atoms with Gasteiger partial charge in [0.1, 0.15) is 0 Å². The van der Waals surface area contributed by atoms with Gasteiger partial charge in [0, 0.05) is 19.4 Å². The number of rotatable bonds is 15. The summed E-state index contributed by atoms with van der Waals surface area (Å²) < 4.78 is 209. The normalized spacial score (nSPS) is 16.0. The summed E-state index contributed by atoms with van der Waals surface area (Å²) in [6, 6.07) is 0. The van der Waals surface area contributed by atoms with Gasteiger partial charge >= 0.3 is 24.7 Å². The molecule has 0 aliphatic rings. The lowest BCUT2D eigenvalue weighted by molar-refractivity contribution is -0.870. The van der Waals surface area contributed by atoms with Crippen LogP contribution in [0.3, 0.4) is 0 Å². The molecule has 19 heteroatoms. The van der Waals surface area contributed by atoms with Crippen LogP contribution < -0.4 is 4.72 Å². The second-order valence-electron chi connectivity index (χ2n) is 10.3. The molecule has 1 atom stereocenters. The predicted octanol–water partition coefficient (Wildman–Crippen LogP) is 6.62. The third kappa shape index (κ3) is 11.4. The highest BCUT2D eigenvalue weighted by molar-refractivity contribution is 7.89. The minimum Gasteiger partial charge on any atom is -0.331 e. The fourth-order valence-electron chi connectivity index (χ4n) is 3.56. The maximum absolute atomic E-state index is 14.3. The van der Waals surface area contributed by atoms with E-state index in [1.807, 2.05) is 0 Å². The van der Waals surface area contributed by atoms with Gasteiger partial charge in [0.25, 0.3) is 11.3 Å². The average molecular weight is 630 g/mol. The summed E-state index contributed by atoms with van der Waals surface area (Å²) in [5, 5.41) is 0. The molecule has 0 radical (unpaired) electrons. The van der Waals surface area contributed by atoms with Crippen LogP contribution in [0.2, 0.25) is 0 Å². The minimum atomic E-state index is -6.52. The monoisotopic (exact) mass is 629 g/mol. The van der Waals surface area contributed by atoms with Crippen LogP contribution in [0.4, 0.5) is 61.5 Å². The van der Waals surface area contributed by atoms with Crippen LogP contribution in [-0.2, 0) is 10.0 Å². The zero-order valence-electron chi connectivity index (χ0n) is 21.1. The first-order chi connectivity index (χ1) is 17.0. The minimum absolute atomic E-state index is 0.159. The van der Waals surface area contributed by atoms with Crippen molar-refractivity contribution in [3.05, 3.63) is 0 Å². The maximum Gasteiger partial charge on any atom is 0.431 e. The number of halogens is 14. The summed E-state index contributed by atoms with van der Waals surface area (Å²) in [6.07, 6.45) is -34.6. The highest BCUT2D eigenvalue weighted by Crippen LogP contribution is 2.51. The molecule has 0 aromatic rings. The van der Waals surface area contributed by atoms with Crippen molar-refractivity contribution in [1.29, 1.82) is 0 Å². The van der Waals surface area contributed by atoms with E-state index >= 15 is 0 Å². The second kappa shape index (κ2) is 12.8. The Morgan fingerprint density at radius 3 is 1.46 bits per heavy atom. The molecule has 1 unspecified atom stereocenters. The first-order valence-electron chi connectivity index (χ1n) is 11.4. The van der Waals surface area contributed by atoms with Gasteiger partial charge in [-0.05, 0) is 25.2 Å². The van der Waals surface area contributed by atoms with Gasteiger partial charge in [0.05, 0.1) is 33.4 Å². The highest BCUT2D eigenvalue weighted by Gasteiger charge is 2.73. The number of quaternary nitrogens is 1. The Labute approximate surface area is 216 Å². The van der Waals surface area contributed by atoms with Crippen molar-refractivity contribution in [2.75, 3.05) is 40.0 Å². The fourth-order valence-corrected chi connectivity index (χ4v) is 4.80. The standard InChI is InChI=1S/C20H31F14N2O2S/c1-36(2,3)11-6-10-35-39(37,38)12-8-14(13-16(22,19(29,30)31)20(32,33)34)7-4-5-9-15(21,17(23,24)25)18(26,27)28/h14,35H,4-13H2,1-3H3/q+1. The van der Waals surface area contributed by atoms with Crippen molar-refractivity contribution in [3.63, 3.8) is 0 Å². The first-order valence-corrected chi connectivity index (χ1v) is 13.1. The number of nitrogens with one attached hydrogen (secondary N) is 1. The predicted molar refractivity (Wildman–Crippen MR) is 112 cm³/mol. The number of alkyl halides is 14. The topological polar surface area (TPSA) is 46.2 Å². The summed E-state index contributed by atoms with van der Waals surface area (Å²) >= 11 is 0. The molecule has 1 N–H and O–H groups in total. The molecular weight excluding hydrogens is 598 g/mol. The molecule has 0 aliphatic carbocycles. The van der Waals surface area contributed by atoms with Crippen LogP contribution in [0.15, 0.2) is 0 Å². The van der Waals surface area contributed by atoms with E-state index in [1.165, 1.54) is 0 Å². The largest absolute Gasteiger partial charge is 0.431 e. The number of hydrogen-bond donors (Lipinski definition) is 1. The molecular formula is C20H31F14N2O2S+. The molecule has 0 rings (SSSR count). The molecule has 0 aliphatic heterocycles. The van der Waals surface area contributed by atoms with E-state index in [2.05, 4.69) is 4.72 Å². The Kier molecular flexibility index (Phi) is 12.5. The molecule has 0 spiro atoms. The van der Waals surface area contributed by atoms with Gasteiger partial charge in [0.15, 0.2) is 0 Å². The van der Waals surface area contributed by atoms with E-state index in [4.69, 9.17) is 0 Å². The van der Waals surface area contributed by atoms with Gasteiger partial charge in [0.2, 0.25) is 10.0 Å². The zero-order valence-corrected chi connectivity index (χ0v) is 21.9. The summed E-state index contributed by atoms with van der Waals surface area (Å²) in [6.45, 7) is 0.312. The summed E-state index contributed by atoms with van der Waals surface area (Å²) in [5.74, 6) is -3.21. The average Bonchev–Trinajstić information content (AvgIpc) is 2.68. The fraction of sp³-hybridized carbons (Fsp3) is 1.00. The lowest BCUT2D eigenvalue weighted by atomic mass is 9.85. The van der Waals surface area contributed by atoms with Crippen molar-refractivity contribution in [2.45, 2.75) is 81.0 Å². The molecule has 0 aromatic carbocycles. The highest BCUT2D eigenvalue weighted by atomic mass is 32.2. The number of unbranched alkanes of at least 4 members (excludes halogenated alkanes) is 1. The lowest BCUT2D eigenvalue weighted by Crippen LogP contribution is -2.54. The molecule has 0 fully saturated rings. The third-order valence-electron chi connectivity index (χ3n) is 5.87. The number of hydrogen-bond acceptors (Lipinski definition) is 2. The molecule has 0 bridgehead atoms. The smallest absolute Gasteiger partial charge is 0.331 e. The number of nitrogens with zero attached hydrogens (tertiary/aromatic N) is 1. The van der Waals surface area contributed by atoms with Crippen LogP contribution in [0.1, 0.15) is 44.9 Å². The van der Waals surface area contributed by atoms with Crippen molar-refractivity contribution in [1.82, 2.24) is 4.72 Å². The third-order valence-corrected chi connectivity index (χ3v) is 7.29. The van der Waals surface area contributed by atoms with Crippen LogP contribution >= 0.6 is 0 Å². The van der Waals surface area contributed by atoms with Gasteiger partial charge in [-0.25, -0.2) is 21.9 Å². The van der Waals surface area contributed by atoms with Crippen molar-refractivity contribution in [2.24, 2.45) is 5.92 Å². The molecule has 0 amide bonds. The Morgan fingerprint density at radius 1 is 0.641 bits per heavy atom. The van der Waals surface area contributed by atoms with E-state index in [9.17, 15) is 69.9 Å². The lowest BCUT2D eigenvalue weighted by Gasteiger charge is -2.33. The van der Waals surface area contributed by atoms with Crippen LogP contribution in [-0.4, -0.2) is 88.9 Å². The van der Waals surface area contributed by atoms with Gasteiger partial charge in [-0.1, -0.05) is 12.8 Å². The molecule has 0 saturated carbocycles. The van der Waals surface area contributed by atoms with E-state index in [1.54, 1.807) is 21.1 Å². The summed E-state index contributed by atoms with van der Waals surface area (Å²) in [7, 11) is 1.02. The van der Waals surface area contributed by atoms with E-state index in [0.717, 1.165) is 0 Å². The summed E-state index contributed by atoms with van der Waals surface area (Å²) in [5.41, 5.74) is -11.5. The SMILES string of the molecule is C[N+](C)(C)CCCNS(=O)(=O)CCC(CCCCC(F)(C(F)(F)F)C(F)(F)F)CC(F)(C(F)(F)F)C(F)(F)F. The Morgan fingerprint density at radius 2 is 1.08 bits per heavy atom. The second-order valence-corrected chi connectivity index (χ2v) is 12.2.